The van der Waals surface area contributed by atoms with Crippen LogP contribution in [-0.2, 0) is 14.3 Å². The summed E-state index contributed by atoms with van der Waals surface area (Å²) in [4.78, 5) is 32.9. The molecule has 4 rings (SSSR count). The van der Waals surface area contributed by atoms with E-state index in [0.717, 1.165) is 6.42 Å². The van der Waals surface area contributed by atoms with Crippen molar-refractivity contribution in [1.82, 2.24) is 19.9 Å². The Labute approximate surface area is 140 Å². The predicted octanol–water partition coefficient (Wildman–Crippen LogP) is 0.331. The van der Waals surface area contributed by atoms with Gasteiger partial charge in [0.05, 0.1) is 30.6 Å². The van der Waals surface area contributed by atoms with E-state index in [1.807, 2.05) is 16.7 Å². The van der Waals surface area contributed by atoms with Crippen molar-refractivity contribution < 1.29 is 18.8 Å². The molecule has 2 amide bonds. The molecule has 1 aromatic heterocycles. The molecule has 0 bridgehead atoms. The Hall–Kier alpha value is -1.96. The third-order valence-electron chi connectivity index (χ3n) is 5.53. The Bertz CT molecular complexity index is 657. The van der Waals surface area contributed by atoms with E-state index < -0.39 is 0 Å². The van der Waals surface area contributed by atoms with E-state index >= 15 is 0 Å². The lowest BCUT2D eigenvalue weighted by atomic mass is 9.80. The van der Waals surface area contributed by atoms with E-state index in [1.165, 1.54) is 0 Å². The SMILES string of the molecule is CCC1(C(=O)N2CC(N3CC(c4nc(C)no4)CC3=O)C2)COC1. The van der Waals surface area contributed by atoms with Crippen LogP contribution in [0.5, 0.6) is 0 Å². The van der Waals surface area contributed by atoms with Gasteiger partial charge in [0.1, 0.15) is 0 Å². The lowest BCUT2D eigenvalue weighted by molar-refractivity contribution is -0.180. The van der Waals surface area contributed by atoms with Gasteiger partial charge in [-0.1, -0.05) is 12.1 Å². The highest BCUT2D eigenvalue weighted by Crippen LogP contribution is 2.36. The number of rotatable bonds is 4. The maximum atomic E-state index is 12.6. The summed E-state index contributed by atoms with van der Waals surface area (Å²) >= 11 is 0. The first-order chi connectivity index (χ1) is 11.5. The molecule has 3 aliphatic rings. The van der Waals surface area contributed by atoms with Crippen LogP contribution in [0.2, 0.25) is 0 Å². The highest BCUT2D eigenvalue weighted by molar-refractivity contribution is 5.85. The summed E-state index contributed by atoms with van der Waals surface area (Å²) in [6, 6.07) is 0.102. The number of amides is 2. The maximum Gasteiger partial charge on any atom is 0.233 e. The molecule has 0 saturated carbocycles. The van der Waals surface area contributed by atoms with Gasteiger partial charge in [-0.2, -0.15) is 4.98 Å². The minimum absolute atomic E-state index is 0.0366. The maximum absolute atomic E-state index is 12.6. The molecule has 8 heteroatoms. The predicted molar refractivity (Wildman–Crippen MR) is 82.0 cm³/mol. The standard InChI is InChI=1S/C16H22N4O4/c1-3-16(8-23-9-16)15(22)19-6-12(7-19)20-5-11(4-13(20)21)14-17-10(2)18-24-14/h11-12H,3-9H2,1-2H3. The molecular formula is C16H22N4O4. The minimum Gasteiger partial charge on any atom is -0.379 e. The molecule has 1 aromatic rings. The number of aryl methyl sites for hydroxylation is 1. The van der Waals surface area contributed by atoms with Crippen LogP contribution in [0, 0.1) is 12.3 Å². The molecule has 3 aliphatic heterocycles. The van der Waals surface area contributed by atoms with E-state index in [4.69, 9.17) is 9.26 Å². The smallest absolute Gasteiger partial charge is 0.233 e. The highest BCUT2D eigenvalue weighted by Gasteiger charge is 2.51. The van der Waals surface area contributed by atoms with Gasteiger partial charge in [0.2, 0.25) is 17.7 Å². The summed E-state index contributed by atoms with van der Waals surface area (Å²) in [5.41, 5.74) is -0.330. The number of ether oxygens (including phenoxy) is 1. The van der Waals surface area contributed by atoms with Crippen molar-refractivity contribution in [3.63, 3.8) is 0 Å². The number of nitrogens with zero attached hydrogens (tertiary/aromatic N) is 4. The first-order valence-electron chi connectivity index (χ1n) is 8.49. The molecule has 0 aromatic carbocycles. The fourth-order valence-electron chi connectivity index (χ4n) is 3.71. The number of hydrogen-bond donors (Lipinski definition) is 0. The monoisotopic (exact) mass is 334 g/mol. The quantitative estimate of drug-likeness (QED) is 0.788. The van der Waals surface area contributed by atoms with Crippen LogP contribution in [0.1, 0.15) is 37.4 Å². The summed E-state index contributed by atoms with van der Waals surface area (Å²) in [6.07, 6.45) is 1.20. The second-order valence-corrected chi connectivity index (χ2v) is 7.12. The Morgan fingerprint density at radius 2 is 2.08 bits per heavy atom. The summed E-state index contributed by atoms with van der Waals surface area (Å²) in [5, 5.41) is 3.80. The zero-order valence-electron chi connectivity index (χ0n) is 14.0. The molecular weight excluding hydrogens is 312 g/mol. The van der Waals surface area contributed by atoms with E-state index in [1.54, 1.807) is 6.92 Å². The Morgan fingerprint density at radius 3 is 2.62 bits per heavy atom. The summed E-state index contributed by atoms with van der Waals surface area (Å²) in [7, 11) is 0. The third kappa shape index (κ3) is 2.31. The Kier molecular flexibility index (Phi) is 3.59. The van der Waals surface area contributed by atoms with E-state index in [-0.39, 0.29) is 29.2 Å². The summed E-state index contributed by atoms with van der Waals surface area (Å²) in [6.45, 7) is 6.65. The average molecular weight is 334 g/mol. The Morgan fingerprint density at radius 1 is 1.33 bits per heavy atom. The van der Waals surface area contributed by atoms with Crippen LogP contribution in [0.3, 0.4) is 0 Å². The average Bonchev–Trinajstić information content (AvgIpc) is 3.04. The van der Waals surface area contributed by atoms with Crippen LogP contribution in [0.15, 0.2) is 4.52 Å². The molecule has 4 heterocycles. The first-order valence-corrected chi connectivity index (χ1v) is 8.49. The Balaban J connectivity index is 1.35. The molecule has 0 radical (unpaired) electrons. The minimum atomic E-state index is -0.330. The number of carbonyl (C=O) groups excluding carboxylic acids is 2. The summed E-state index contributed by atoms with van der Waals surface area (Å²) < 4.78 is 10.4. The third-order valence-corrected chi connectivity index (χ3v) is 5.53. The van der Waals surface area contributed by atoms with Crippen molar-refractivity contribution >= 4 is 11.8 Å². The van der Waals surface area contributed by atoms with Gasteiger partial charge >= 0.3 is 0 Å². The van der Waals surface area contributed by atoms with Crippen LogP contribution in [0.4, 0.5) is 0 Å². The van der Waals surface area contributed by atoms with E-state index in [9.17, 15) is 9.59 Å². The van der Waals surface area contributed by atoms with Gasteiger partial charge in [-0.15, -0.1) is 0 Å². The number of hydrogen-bond acceptors (Lipinski definition) is 6. The van der Waals surface area contributed by atoms with Crippen molar-refractivity contribution in [2.45, 2.75) is 38.6 Å². The van der Waals surface area contributed by atoms with Crippen molar-refractivity contribution in [3.8, 4) is 0 Å². The van der Waals surface area contributed by atoms with Crippen LogP contribution >= 0.6 is 0 Å². The molecule has 8 nitrogen and oxygen atoms in total. The molecule has 24 heavy (non-hydrogen) atoms. The zero-order chi connectivity index (χ0) is 16.9. The van der Waals surface area contributed by atoms with Gasteiger partial charge in [0, 0.05) is 26.1 Å². The van der Waals surface area contributed by atoms with Gasteiger partial charge in [0.25, 0.3) is 0 Å². The van der Waals surface area contributed by atoms with Crippen molar-refractivity contribution in [3.05, 3.63) is 11.7 Å². The van der Waals surface area contributed by atoms with Gasteiger partial charge < -0.3 is 19.1 Å². The van der Waals surface area contributed by atoms with Crippen molar-refractivity contribution in [2.24, 2.45) is 5.41 Å². The van der Waals surface area contributed by atoms with Gasteiger partial charge in [-0.25, -0.2) is 0 Å². The fraction of sp³-hybridized carbons (Fsp3) is 0.750. The lowest BCUT2D eigenvalue weighted by Gasteiger charge is -2.50. The second-order valence-electron chi connectivity index (χ2n) is 7.12. The number of carbonyl (C=O) groups is 2. The van der Waals surface area contributed by atoms with Crippen molar-refractivity contribution in [2.75, 3.05) is 32.8 Å². The van der Waals surface area contributed by atoms with E-state index in [0.29, 0.717) is 51.0 Å². The van der Waals surface area contributed by atoms with Gasteiger partial charge in [-0.3, -0.25) is 9.59 Å². The van der Waals surface area contributed by atoms with Gasteiger partial charge in [0.15, 0.2) is 5.82 Å². The molecule has 130 valence electrons. The zero-order valence-corrected chi connectivity index (χ0v) is 14.0. The molecule has 0 spiro atoms. The molecule has 1 unspecified atom stereocenters. The largest absolute Gasteiger partial charge is 0.379 e. The summed E-state index contributed by atoms with van der Waals surface area (Å²) in [5.74, 6) is 1.36. The van der Waals surface area contributed by atoms with E-state index in [2.05, 4.69) is 10.1 Å². The normalized spacial score (nSPS) is 26.4. The van der Waals surface area contributed by atoms with Crippen LogP contribution < -0.4 is 0 Å². The highest BCUT2D eigenvalue weighted by atomic mass is 16.5. The fourth-order valence-corrected chi connectivity index (χ4v) is 3.71. The lowest BCUT2D eigenvalue weighted by Crippen LogP contribution is -2.66. The topological polar surface area (TPSA) is 88.8 Å². The molecule has 3 fully saturated rings. The second kappa shape index (κ2) is 5.54. The molecule has 1 atom stereocenters. The first kappa shape index (κ1) is 15.6. The van der Waals surface area contributed by atoms with Gasteiger partial charge in [-0.05, 0) is 13.3 Å². The molecule has 0 aliphatic carbocycles. The van der Waals surface area contributed by atoms with Crippen molar-refractivity contribution in [1.29, 1.82) is 0 Å². The number of aromatic nitrogens is 2. The van der Waals surface area contributed by atoms with Crippen LogP contribution in [0.25, 0.3) is 0 Å². The molecule has 0 N–H and O–H groups in total. The molecule has 3 saturated heterocycles. The van der Waals surface area contributed by atoms with Crippen LogP contribution in [-0.4, -0.2) is 70.6 Å². The number of likely N-dealkylation sites (tertiary alicyclic amines) is 2.